The molecule has 0 spiro atoms. The van der Waals surface area contributed by atoms with Gasteiger partial charge in [-0.15, -0.1) is 0 Å². The minimum Gasteiger partial charge on any atom is -0.493 e. The van der Waals surface area contributed by atoms with Gasteiger partial charge in [0.2, 0.25) is 11.8 Å². The van der Waals surface area contributed by atoms with Crippen molar-refractivity contribution in [3.63, 3.8) is 0 Å². The van der Waals surface area contributed by atoms with Crippen molar-refractivity contribution in [2.45, 2.75) is 45.8 Å². The lowest BCUT2D eigenvalue weighted by molar-refractivity contribution is -0.121. The maximum Gasteiger partial charge on any atom is 0.407 e. The van der Waals surface area contributed by atoms with Gasteiger partial charge >= 0.3 is 6.09 Å². The monoisotopic (exact) mass is 441 g/mol. The third kappa shape index (κ3) is 10.5. The number of carbonyl (C=O) groups excluding carboxylic acids is 3. The van der Waals surface area contributed by atoms with Crippen LogP contribution in [0.2, 0.25) is 0 Å². The SMILES string of the molecule is CC(C)(C)OC(=O)NCCC(=O)NCc1cccc(NC(=O)CCOc2ccccc2)c1. The molecule has 32 heavy (non-hydrogen) atoms. The summed E-state index contributed by atoms with van der Waals surface area (Å²) in [5.41, 5.74) is 0.909. The van der Waals surface area contributed by atoms with Gasteiger partial charge in [0, 0.05) is 25.2 Å². The Morgan fingerprint density at radius 1 is 0.875 bits per heavy atom. The highest BCUT2D eigenvalue weighted by Gasteiger charge is 2.15. The predicted molar refractivity (Wildman–Crippen MR) is 122 cm³/mol. The first-order chi connectivity index (χ1) is 15.2. The lowest BCUT2D eigenvalue weighted by Crippen LogP contribution is -2.35. The fraction of sp³-hybridized carbons (Fsp3) is 0.375. The van der Waals surface area contributed by atoms with E-state index < -0.39 is 11.7 Å². The standard InChI is InChI=1S/C24H31N3O5/c1-24(2,3)32-23(30)25-14-12-21(28)26-17-18-8-7-9-19(16-18)27-22(29)13-15-31-20-10-5-4-6-11-20/h4-11,16H,12-15,17H2,1-3H3,(H,25,30)(H,26,28)(H,27,29). The Labute approximate surface area is 188 Å². The molecule has 0 saturated heterocycles. The number of anilines is 1. The molecule has 0 radical (unpaired) electrons. The molecule has 0 saturated carbocycles. The van der Waals surface area contributed by atoms with Gasteiger partial charge in [-0.05, 0) is 50.6 Å². The zero-order valence-electron chi connectivity index (χ0n) is 18.8. The normalized spacial score (nSPS) is 10.7. The average Bonchev–Trinajstić information content (AvgIpc) is 2.72. The molecule has 0 fully saturated rings. The highest BCUT2D eigenvalue weighted by molar-refractivity contribution is 5.90. The van der Waals surface area contributed by atoms with Gasteiger partial charge in [0.25, 0.3) is 0 Å². The van der Waals surface area contributed by atoms with E-state index in [4.69, 9.17) is 9.47 Å². The lowest BCUT2D eigenvalue weighted by atomic mass is 10.2. The summed E-state index contributed by atoms with van der Waals surface area (Å²) in [6.45, 7) is 6.09. The summed E-state index contributed by atoms with van der Waals surface area (Å²) in [4.78, 5) is 35.7. The summed E-state index contributed by atoms with van der Waals surface area (Å²) in [5.74, 6) is 0.364. The van der Waals surface area contributed by atoms with Crippen molar-refractivity contribution in [2.75, 3.05) is 18.5 Å². The van der Waals surface area contributed by atoms with Crippen LogP contribution in [0.25, 0.3) is 0 Å². The van der Waals surface area contributed by atoms with Crippen LogP contribution in [0.1, 0.15) is 39.2 Å². The number of hydrogen-bond acceptors (Lipinski definition) is 5. The predicted octanol–water partition coefficient (Wildman–Crippen LogP) is 3.63. The van der Waals surface area contributed by atoms with E-state index >= 15 is 0 Å². The van der Waals surface area contributed by atoms with Gasteiger partial charge in [-0.25, -0.2) is 4.79 Å². The number of amides is 3. The van der Waals surface area contributed by atoms with Crippen molar-refractivity contribution in [2.24, 2.45) is 0 Å². The van der Waals surface area contributed by atoms with Crippen LogP contribution in [0.5, 0.6) is 5.75 Å². The number of para-hydroxylation sites is 1. The van der Waals surface area contributed by atoms with Gasteiger partial charge in [0.05, 0.1) is 13.0 Å². The maximum atomic E-state index is 12.1. The van der Waals surface area contributed by atoms with Crippen molar-refractivity contribution in [1.82, 2.24) is 10.6 Å². The van der Waals surface area contributed by atoms with Gasteiger partial charge in [-0.3, -0.25) is 9.59 Å². The van der Waals surface area contributed by atoms with Gasteiger partial charge in [0.1, 0.15) is 11.4 Å². The molecule has 0 aromatic heterocycles. The fourth-order valence-electron chi connectivity index (χ4n) is 2.64. The molecule has 172 valence electrons. The van der Waals surface area contributed by atoms with Gasteiger partial charge in [-0.1, -0.05) is 30.3 Å². The molecule has 8 nitrogen and oxygen atoms in total. The van der Waals surface area contributed by atoms with Crippen LogP contribution in [0.4, 0.5) is 10.5 Å². The van der Waals surface area contributed by atoms with Crippen LogP contribution >= 0.6 is 0 Å². The minimum atomic E-state index is -0.582. The van der Waals surface area contributed by atoms with Crippen molar-refractivity contribution in [3.8, 4) is 5.75 Å². The van der Waals surface area contributed by atoms with Crippen molar-refractivity contribution >= 4 is 23.6 Å². The van der Waals surface area contributed by atoms with Crippen molar-refractivity contribution in [1.29, 1.82) is 0 Å². The first-order valence-corrected chi connectivity index (χ1v) is 10.5. The van der Waals surface area contributed by atoms with E-state index in [-0.39, 0.29) is 37.8 Å². The van der Waals surface area contributed by atoms with Gasteiger partial charge < -0.3 is 25.4 Å². The molecule has 0 aliphatic carbocycles. The molecule has 3 N–H and O–H groups in total. The molecular weight excluding hydrogens is 410 g/mol. The molecule has 2 aromatic rings. The third-order valence-electron chi connectivity index (χ3n) is 4.06. The largest absolute Gasteiger partial charge is 0.493 e. The molecule has 0 bridgehead atoms. The fourth-order valence-corrected chi connectivity index (χ4v) is 2.64. The number of hydrogen-bond donors (Lipinski definition) is 3. The molecule has 0 unspecified atom stereocenters. The summed E-state index contributed by atoms with van der Waals surface area (Å²) in [7, 11) is 0. The number of benzene rings is 2. The molecule has 2 aromatic carbocycles. The van der Waals surface area contributed by atoms with E-state index in [1.807, 2.05) is 42.5 Å². The summed E-state index contributed by atoms with van der Waals surface area (Å²) in [6, 6.07) is 16.6. The maximum absolute atomic E-state index is 12.1. The topological polar surface area (TPSA) is 106 Å². The summed E-state index contributed by atoms with van der Waals surface area (Å²) in [5, 5.41) is 8.17. The lowest BCUT2D eigenvalue weighted by Gasteiger charge is -2.19. The quantitative estimate of drug-likeness (QED) is 0.522. The average molecular weight is 442 g/mol. The van der Waals surface area contributed by atoms with Gasteiger partial charge in [0.15, 0.2) is 0 Å². The summed E-state index contributed by atoms with van der Waals surface area (Å²) >= 11 is 0. The Balaban J connectivity index is 1.68. The molecule has 0 aliphatic heterocycles. The number of rotatable bonds is 10. The molecule has 8 heteroatoms. The number of alkyl carbamates (subject to hydrolysis) is 1. The van der Waals surface area contributed by atoms with Crippen molar-refractivity contribution < 1.29 is 23.9 Å². The smallest absolute Gasteiger partial charge is 0.407 e. The van der Waals surface area contributed by atoms with E-state index in [1.165, 1.54) is 0 Å². The van der Waals surface area contributed by atoms with Crippen molar-refractivity contribution in [3.05, 3.63) is 60.2 Å². The Kier molecular flexibility index (Phi) is 9.53. The van der Waals surface area contributed by atoms with Crippen LogP contribution in [0, 0.1) is 0 Å². The highest BCUT2D eigenvalue weighted by atomic mass is 16.6. The Morgan fingerprint density at radius 3 is 2.34 bits per heavy atom. The second kappa shape index (κ2) is 12.3. The first kappa shape index (κ1) is 24.7. The highest BCUT2D eigenvalue weighted by Crippen LogP contribution is 2.12. The molecule has 0 atom stereocenters. The van der Waals surface area contributed by atoms with E-state index in [9.17, 15) is 14.4 Å². The van der Waals surface area contributed by atoms with Crippen LogP contribution in [0.3, 0.4) is 0 Å². The Bertz CT molecular complexity index is 894. The summed E-state index contributed by atoms with van der Waals surface area (Å²) in [6.07, 6.45) is -0.194. The molecule has 2 rings (SSSR count). The van der Waals surface area contributed by atoms with Crippen LogP contribution in [-0.2, 0) is 20.9 Å². The van der Waals surface area contributed by atoms with E-state index in [2.05, 4.69) is 16.0 Å². The second-order valence-corrected chi connectivity index (χ2v) is 8.12. The van der Waals surface area contributed by atoms with E-state index in [1.54, 1.807) is 32.9 Å². The van der Waals surface area contributed by atoms with E-state index in [0.29, 0.717) is 12.2 Å². The third-order valence-corrected chi connectivity index (χ3v) is 4.06. The zero-order chi connectivity index (χ0) is 23.4. The summed E-state index contributed by atoms with van der Waals surface area (Å²) < 4.78 is 10.6. The molecule has 0 aliphatic rings. The van der Waals surface area contributed by atoms with Crippen LogP contribution in [0.15, 0.2) is 54.6 Å². The van der Waals surface area contributed by atoms with Crippen LogP contribution in [-0.4, -0.2) is 36.7 Å². The van der Waals surface area contributed by atoms with E-state index in [0.717, 1.165) is 11.3 Å². The minimum absolute atomic E-state index is 0.136. The number of nitrogens with one attached hydrogen (secondary N) is 3. The Hall–Kier alpha value is -3.55. The van der Waals surface area contributed by atoms with Gasteiger partial charge in [-0.2, -0.15) is 0 Å². The zero-order valence-corrected chi connectivity index (χ0v) is 18.8. The molecule has 0 heterocycles. The van der Waals surface area contributed by atoms with Crippen LogP contribution < -0.4 is 20.7 Å². The molecule has 3 amide bonds. The number of ether oxygens (including phenoxy) is 2. The Morgan fingerprint density at radius 2 is 1.62 bits per heavy atom. The first-order valence-electron chi connectivity index (χ1n) is 10.5. The molecular formula is C24H31N3O5. The second-order valence-electron chi connectivity index (χ2n) is 8.12. The number of carbonyl (C=O) groups is 3.